The molecule has 0 atom stereocenters. The highest BCUT2D eigenvalue weighted by Crippen LogP contribution is 2.20. The molecule has 24 heavy (non-hydrogen) atoms. The van der Waals surface area contributed by atoms with Gasteiger partial charge in [0.1, 0.15) is 0 Å². The van der Waals surface area contributed by atoms with Gasteiger partial charge in [0.25, 0.3) is 0 Å². The van der Waals surface area contributed by atoms with Crippen LogP contribution in [0.1, 0.15) is 59.4 Å². The zero-order chi connectivity index (χ0) is 17.9. The van der Waals surface area contributed by atoms with Gasteiger partial charge in [0.15, 0.2) is 0 Å². The first-order chi connectivity index (χ1) is 11.4. The topological polar surface area (TPSA) is 18.5 Å². The van der Waals surface area contributed by atoms with Gasteiger partial charge in [-0.25, -0.2) is 0 Å². The third-order valence-corrected chi connectivity index (χ3v) is 3.63. The summed E-state index contributed by atoms with van der Waals surface area (Å²) in [4.78, 5) is 0. The van der Waals surface area contributed by atoms with E-state index in [1.54, 1.807) is 0 Å². The van der Waals surface area contributed by atoms with Gasteiger partial charge in [-0.15, -0.1) is 0 Å². The Bertz CT molecular complexity index is 563. The molecule has 2 aromatic carbocycles. The summed E-state index contributed by atoms with van der Waals surface area (Å²) in [5, 5.41) is 2.67. The van der Waals surface area contributed by atoms with Crippen LogP contribution in [-0.2, 0) is 9.47 Å². The van der Waals surface area contributed by atoms with Crippen molar-refractivity contribution in [3.63, 3.8) is 0 Å². The predicted molar refractivity (Wildman–Crippen MR) is 105 cm³/mol. The van der Waals surface area contributed by atoms with E-state index in [0.717, 1.165) is 19.6 Å². The summed E-state index contributed by atoms with van der Waals surface area (Å²) in [6, 6.07) is 15.2. The van der Waals surface area contributed by atoms with Crippen molar-refractivity contribution in [1.82, 2.24) is 0 Å². The van der Waals surface area contributed by atoms with Crippen molar-refractivity contribution in [2.45, 2.75) is 66.1 Å². The van der Waals surface area contributed by atoms with Gasteiger partial charge in [0, 0.05) is 13.2 Å². The first-order valence-corrected chi connectivity index (χ1v) is 9.12. The van der Waals surface area contributed by atoms with E-state index in [9.17, 15) is 0 Å². The molecule has 0 aliphatic heterocycles. The molecule has 0 aliphatic carbocycles. The molecule has 2 rings (SSSR count). The molecule has 134 valence electrons. The van der Waals surface area contributed by atoms with Crippen LogP contribution in [0.3, 0.4) is 0 Å². The van der Waals surface area contributed by atoms with Crippen molar-refractivity contribution in [2.24, 2.45) is 0 Å². The standard InChI is InChI=1S/C13H14.C9H20O2/c1-10(2)12-8-7-11-5-3-4-6-13(11)9-12;1-8(2)10-6-5-7-11-9(3)4/h3-10H,1-2H3;8-9H,5-7H2,1-4H3. The molecule has 0 fully saturated rings. The second-order valence-electron chi connectivity index (χ2n) is 6.95. The molecule has 0 unspecified atom stereocenters. The Labute approximate surface area is 148 Å². The lowest BCUT2D eigenvalue weighted by molar-refractivity contribution is 0.0335. The molecular weight excluding hydrogens is 296 g/mol. The molecule has 2 heteroatoms. The molecule has 0 spiro atoms. The van der Waals surface area contributed by atoms with E-state index < -0.39 is 0 Å². The van der Waals surface area contributed by atoms with Crippen LogP contribution in [0, 0.1) is 0 Å². The van der Waals surface area contributed by atoms with Crippen LogP contribution in [0.4, 0.5) is 0 Å². The van der Waals surface area contributed by atoms with Gasteiger partial charge in [-0.1, -0.05) is 56.3 Å². The lowest BCUT2D eigenvalue weighted by Gasteiger charge is -2.09. The van der Waals surface area contributed by atoms with E-state index in [1.165, 1.54) is 16.3 Å². The van der Waals surface area contributed by atoms with Crippen LogP contribution in [-0.4, -0.2) is 25.4 Å². The molecule has 0 bridgehead atoms. The Kier molecular flexibility index (Phi) is 9.66. The summed E-state index contributed by atoms with van der Waals surface area (Å²) in [7, 11) is 0. The summed E-state index contributed by atoms with van der Waals surface area (Å²) >= 11 is 0. The smallest absolute Gasteiger partial charge is 0.0518 e. The largest absolute Gasteiger partial charge is 0.379 e. The van der Waals surface area contributed by atoms with Crippen molar-refractivity contribution in [3.05, 3.63) is 48.0 Å². The molecule has 0 radical (unpaired) electrons. The van der Waals surface area contributed by atoms with Crippen LogP contribution >= 0.6 is 0 Å². The highest BCUT2D eigenvalue weighted by atomic mass is 16.5. The van der Waals surface area contributed by atoms with Crippen LogP contribution in [0.5, 0.6) is 0 Å². The first-order valence-electron chi connectivity index (χ1n) is 9.12. The fourth-order valence-electron chi connectivity index (χ4n) is 2.26. The third-order valence-electron chi connectivity index (χ3n) is 3.63. The zero-order valence-electron chi connectivity index (χ0n) is 16.2. The van der Waals surface area contributed by atoms with Crippen LogP contribution in [0.15, 0.2) is 42.5 Å². The summed E-state index contributed by atoms with van der Waals surface area (Å²) in [5.41, 5.74) is 1.42. The quantitative estimate of drug-likeness (QED) is 0.563. The molecule has 0 saturated carbocycles. The Morgan fingerprint density at radius 3 is 1.75 bits per heavy atom. The van der Waals surface area contributed by atoms with Crippen LogP contribution in [0.25, 0.3) is 10.8 Å². The Morgan fingerprint density at radius 2 is 1.25 bits per heavy atom. The maximum atomic E-state index is 5.34. The molecule has 0 amide bonds. The second-order valence-corrected chi connectivity index (χ2v) is 6.95. The summed E-state index contributed by atoms with van der Waals surface area (Å²) in [6.45, 7) is 14.3. The lowest BCUT2D eigenvalue weighted by atomic mass is 9.99. The minimum Gasteiger partial charge on any atom is -0.379 e. The van der Waals surface area contributed by atoms with Gasteiger partial charge in [0.05, 0.1) is 12.2 Å². The SMILES string of the molecule is CC(C)OCCCOC(C)C.CC(C)c1ccc2ccccc2c1. The molecule has 2 nitrogen and oxygen atoms in total. The molecule has 0 aromatic heterocycles. The number of rotatable bonds is 7. The maximum absolute atomic E-state index is 5.34. The number of hydrogen-bond acceptors (Lipinski definition) is 2. The highest BCUT2D eigenvalue weighted by molar-refractivity contribution is 5.83. The first kappa shape index (κ1) is 20.7. The molecular formula is C22H34O2. The maximum Gasteiger partial charge on any atom is 0.0518 e. The molecule has 0 saturated heterocycles. The summed E-state index contributed by atoms with van der Waals surface area (Å²) < 4.78 is 10.7. The van der Waals surface area contributed by atoms with Crippen molar-refractivity contribution in [1.29, 1.82) is 0 Å². The minimum absolute atomic E-state index is 0.342. The van der Waals surface area contributed by atoms with E-state index in [0.29, 0.717) is 18.1 Å². The van der Waals surface area contributed by atoms with Crippen molar-refractivity contribution in [2.75, 3.05) is 13.2 Å². The van der Waals surface area contributed by atoms with Crippen LogP contribution < -0.4 is 0 Å². The normalized spacial score (nSPS) is 11.2. The molecule has 0 heterocycles. The van der Waals surface area contributed by atoms with E-state index >= 15 is 0 Å². The number of hydrogen-bond donors (Lipinski definition) is 0. The van der Waals surface area contributed by atoms with Crippen LogP contribution in [0.2, 0.25) is 0 Å². The van der Waals surface area contributed by atoms with Gasteiger partial charge < -0.3 is 9.47 Å². The van der Waals surface area contributed by atoms with E-state index in [4.69, 9.17) is 9.47 Å². The summed E-state index contributed by atoms with van der Waals surface area (Å²) in [6.07, 6.45) is 1.68. The van der Waals surface area contributed by atoms with Crippen molar-refractivity contribution in [3.8, 4) is 0 Å². The summed E-state index contributed by atoms with van der Waals surface area (Å²) in [5.74, 6) is 0.615. The number of ether oxygens (including phenoxy) is 2. The average Bonchev–Trinajstić information content (AvgIpc) is 2.54. The highest BCUT2D eigenvalue weighted by Gasteiger charge is 1.99. The van der Waals surface area contributed by atoms with Gasteiger partial charge in [-0.2, -0.15) is 0 Å². The number of benzene rings is 2. The van der Waals surface area contributed by atoms with Crippen molar-refractivity contribution >= 4 is 10.8 Å². The fraction of sp³-hybridized carbons (Fsp3) is 0.545. The Hall–Kier alpha value is -1.38. The number of fused-ring (bicyclic) bond motifs is 1. The van der Waals surface area contributed by atoms with Gasteiger partial charge in [-0.05, 0) is 56.4 Å². The van der Waals surface area contributed by atoms with Gasteiger partial charge in [-0.3, -0.25) is 0 Å². The average molecular weight is 331 g/mol. The molecule has 0 N–H and O–H groups in total. The molecule has 2 aromatic rings. The third kappa shape index (κ3) is 8.47. The second kappa shape index (κ2) is 11.2. The monoisotopic (exact) mass is 330 g/mol. The van der Waals surface area contributed by atoms with E-state index in [-0.39, 0.29) is 0 Å². The van der Waals surface area contributed by atoms with E-state index in [1.807, 2.05) is 27.7 Å². The lowest BCUT2D eigenvalue weighted by Crippen LogP contribution is -2.09. The zero-order valence-corrected chi connectivity index (χ0v) is 16.2. The van der Waals surface area contributed by atoms with E-state index in [2.05, 4.69) is 56.3 Å². The molecule has 0 aliphatic rings. The van der Waals surface area contributed by atoms with Gasteiger partial charge >= 0.3 is 0 Å². The fourth-order valence-corrected chi connectivity index (χ4v) is 2.26. The predicted octanol–water partition coefficient (Wildman–Crippen LogP) is 6.19. The Balaban J connectivity index is 0.000000245. The minimum atomic E-state index is 0.342. The van der Waals surface area contributed by atoms with Gasteiger partial charge in [0.2, 0.25) is 0 Å². The Morgan fingerprint density at radius 1 is 0.708 bits per heavy atom. The van der Waals surface area contributed by atoms with Crippen molar-refractivity contribution < 1.29 is 9.47 Å².